The molecule has 0 amide bonds. The molecule has 0 unspecified atom stereocenters. The zero-order valence-corrected chi connectivity index (χ0v) is 13.6. The van der Waals surface area contributed by atoms with Gasteiger partial charge in [0.1, 0.15) is 0 Å². The molecule has 0 aliphatic carbocycles. The predicted molar refractivity (Wildman–Crippen MR) is 89.6 cm³/mol. The fraction of sp³-hybridized carbons (Fsp3) is 0.0588. The highest BCUT2D eigenvalue weighted by Crippen LogP contribution is 2.33. The highest BCUT2D eigenvalue weighted by molar-refractivity contribution is 6.37. The molecule has 2 aromatic rings. The van der Waals surface area contributed by atoms with Crippen LogP contribution < -0.4 is 9.47 Å². The standard InChI is InChI=1S/C17H9Cl2NO4/c18-10-2-3-11(12(19)7-10)16-20-13(17(21)24-16)5-9-1-4-14-15(6-9)23-8-22-14/h1-7H,8H2/b13-5+. The van der Waals surface area contributed by atoms with Gasteiger partial charge in [-0.15, -0.1) is 0 Å². The summed E-state index contributed by atoms with van der Waals surface area (Å²) >= 11 is 12.0. The molecule has 0 spiro atoms. The van der Waals surface area contributed by atoms with Gasteiger partial charge in [0.25, 0.3) is 0 Å². The summed E-state index contributed by atoms with van der Waals surface area (Å²) in [6.45, 7) is 0.189. The van der Waals surface area contributed by atoms with E-state index in [1.54, 1.807) is 42.5 Å². The summed E-state index contributed by atoms with van der Waals surface area (Å²) in [5.41, 5.74) is 1.43. The van der Waals surface area contributed by atoms with Gasteiger partial charge >= 0.3 is 5.97 Å². The van der Waals surface area contributed by atoms with Crippen LogP contribution in [0.3, 0.4) is 0 Å². The Morgan fingerprint density at radius 3 is 2.71 bits per heavy atom. The van der Waals surface area contributed by atoms with E-state index in [2.05, 4.69) is 4.99 Å². The van der Waals surface area contributed by atoms with Crippen LogP contribution in [-0.2, 0) is 9.53 Å². The molecular weight excluding hydrogens is 353 g/mol. The monoisotopic (exact) mass is 361 g/mol. The molecule has 24 heavy (non-hydrogen) atoms. The molecule has 7 heteroatoms. The molecule has 0 fully saturated rings. The molecule has 120 valence electrons. The minimum absolute atomic E-state index is 0.147. The van der Waals surface area contributed by atoms with Gasteiger partial charge in [0.15, 0.2) is 17.2 Å². The van der Waals surface area contributed by atoms with Crippen molar-refractivity contribution in [1.82, 2.24) is 0 Å². The Balaban J connectivity index is 1.68. The molecule has 0 N–H and O–H groups in total. The van der Waals surface area contributed by atoms with E-state index in [1.807, 2.05) is 0 Å². The SMILES string of the molecule is O=C1OC(c2ccc(Cl)cc2Cl)=N/C1=C/c1ccc2c(c1)OCO2. The molecule has 5 nitrogen and oxygen atoms in total. The Hall–Kier alpha value is -2.50. The normalized spacial score (nSPS) is 17.2. The van der Waals surface area contributed by atoms with Crippen LogP contribution in [0.2, 0.25) is 10.0 Å². The van der Waals surface area contributed by atoms with E-state index < -0.39 is 5.97 Å². The van der Waals surface area contributed by atoms with Gasteiger partial charge in [0, 0.05) is 5.02 Å². The van der Waals surface area contributed by atoms with Gasteiger partial charge in [-0.25, -0.2) is 9.79 Å². The van der Waals surface area contributed by atoms with Crippen molar-refractivity contribution in [2.45, 2.75) is 0 Å². The number of esters is 1. The van der Waals surface area contributed by atoms with Crippen LogP contribution in [0.15, 0.2) is 47.1 Å². The first kappa shape index (κ1) is 15.1. The van der Waals surface area contributed by atoms with Crippen LogP contribution in [0.5, 0.6) is 11.5 Å². The molecule has 4 rings (SSSR count). The average molecular weight is 362 g/mol. The molecule has 2 heterocycles. The number of aliphatic imine (C=N–C) groups is 1. The van der Waals surface area contributed by atoms with Crippen molar-refractivity contribution < 1.29 is 19.0 Å². The van der Waals surface area contributed by atoms with Crippen molar-refractivity contribution in [2.75, 3.05) is 6.79 Å². The molecule has 0 bridgehead atoms. The number of carbonyl (C=O) groups excluding carboxylic acids is 1. The maximum absolute atomic E-state index is 12.0. The molecule has 2 aromatic carbocycles. The van der Waals surface area contributed by atoms with Crippen LogP contribution >= 0.6 is 23.2 Å². The lowest BCUT2D eigenvalue weighted by atomic mass is 10.1. The zero-order valence-electron chi connectivity index (χ0n) is 12.1. The Kier molecular flexibility index (Phi) is 3.67. The molecule has 2 aliphatic rings. The topological polar surface area (TPSA) is 57.1 Å². The van der Waals surface area contributed by atoms with Crippen molar-refractivity contribution in [3.63, 3.8) is 0 Å². The molecule has 2 aliphatic heterocycles. The summed E-state index contributed by atoms with van der Waals surface area (Å²) in [4.78, 5) is 16.3. The molecule has 0 saturated carbocycles. The van der Waals surface area contributed by atoms with Crippen molar-refractivity contribution in [3.8, 4) is 11.5 Å². The van der Waals surface area contributed by atoms with E-state index in [-0.39, 0.29) is 18.4 Å². The fourth-order valence-corrected chi connectivity index (χ4v) is 2.84. The van der Waals surface area contributed by atoms with E-state index in [0.717, 1.165) is 5.56 Å². The largest absolute Gasteiger partial charge is 0.454 e. The number of hydrogen-bond donors (Lipinski definition) is 0. The third-order valence-electron chi connectivity index (χ3n) is 3.48. The number of carbonyl (C=O) groups is 1. The first-order chi connectivity index (χ1) is 11.6. The Labute approximate surface area is 147 Å². The Morgan fingerprint density at radius 1 is 1.04 bits per heavy atom. The molecule has 0 radical (unpaired) electrons. The first-order valence-electron chi connectivity index (χ1n) is 6.98. The van der Waals surface area contributed by atoms with Gasteiger partial charge in [-0.3, -0.25) is 0 Å². The third kappa shape index (κ3) is 2.72. The molecule has 0 aromatic heterocycles. The summed E-state index contributed by atoms with van der Waals surface area (Å²) in [5.74, 6) is 0.895. The van der Waals surface area contributed by atoms with Gasteiger partial charge in [0.05, 0.1) is 10.6 Å². The first-order valence-corrected chi connectivity index (χ1v) is 7.73. The summed E-state index contributed by atoms with van der Waals surface area (Å²) in [5, 5.41) is 0.850. The minimum Gasteiger partial charge on any atom is -0.454 e. The van der Waals surface area contributed by atoms with E-state index >= 15 is 0 Å². The van der Waals surface area contributed by atoms with Gasteiger partial charge in [0.2, 0.25) is 12.7 Å². The number of hydrogen-bond acceptors (Lipinski definition) is 5. The quantitative estimate of drug-likeness (QED) is 0.597. The summed E-state index contributed by atoms with van der Waals surface area (Å²) < 4.78 is 15.8. The van der Waals surface area contributed by atoms with Crippen LogP contribution in [0.1, 0.15) is 11.1 Å². The minimum atomic E-state index is -0.548. The Morgan fingerprint density at radius 2 is 1.88 bits per heavy atom. The van der Waals surface area contributed by atoms with Gasteiger partial charge < -0.3 is 14.2 Å². The van der Waals surface area contributed by atoms with E-state index in [1.165, 1.54) is 0 Å². The van der Waals surface area contributed by atoms with Crippen LogP contribution in [0.4, 0.5) is 0 Å². The predicted octanol–water partition coefficient (Wildman–Crippen LogP) is 4.07. The lowest BCUT2D eigenvalue weighted by molar-refractivity contribution is -0.129. The number of cyclic esters (lactones) is 1. The van der Waals surface area contributed by atoms with E-state index in [4.69, 9.17) is 37.4 Å². The molecular formula is C17H9Cl2NO4. The fourth-order valence-electron chi connectivity index (χ4n) is 2.35. The number of fused-ring (bicyclic) bond motifs is 1. The lowest BCUT2D eigenvalue weighted by Gasteiger charge is -2.02. The average Bonchev–Trinajstić information content (AvgIpc) is 3.14. The molecule has 0 atom stereocenters. The van der Waals surface area contributed by atoms with Crippen molar-refractivity contribution >= 4 is 41.1 Å². The molecule has 0 saturated heterocycles. The smallest absolute Gasteiger partial charge is 0.363 e. The number of rotatable bonds is 2. The van der Waals surface area contributed by atoms with Crippen LogP contribution in [0.25, 0.3) is 6.08 Å². The summed E-state index contributed by atoms with van der Waals surface area (Å²) in [6, 6.07) is 10.2. The van der Waals surface area contributed by atoms with Crippen LogP contribution in [0, 0.1) is 0 Å². The number of benzene rings is 2. The number of halogens is 2. The highest BCUT2D eigenvalue weighted by atomic mass is 35.5. The van der Waals surface area contributed by atoms with Gasteiger partial charge in [-0.2, -0.15) is 0 Å². The van der Waals surface area contributed by atoms with Crippen molar-refractivity contribution in [3.05, 3.63) is 63.3 Å². The highest BCUT2D eigenvalue weighted by Gasteiger charge is 2.26. The summed E-state index contributed by atoms with van der Waals surface area (Å²) in [7, 11) is 0. The Bertz CT molecular complexity index is 921. The second-order valence-corrected chi connectivity index (χ2v) is 5.92. The van der Waals surface area contributed by atoms with E-state index in [0.29, 0.717) is 27.1 Å². The number of ether oxygens (including phenoxy) is 3. The number of nitrogens with zero attached hydrogens (tertiary/aromatic N) is 1. The lowest BCUT2D eigenvalue weighted by Crippen LogP contribution is -2.05. The van der Waals surface area contributed by atoms with Gasteiger partial charge in [-0.05, 0) is 42.0 Å². The van der Waals surface area contributed by atoms with Crippen molar-refractivity contribution in [1.29, 1.82) is 0 Å². The van der Waals surface area contributed by atoms with Crippen molar-refractivity contribution in [2.24, 2.45) is 4.99 Å². The maximum atomic E-state index is 12.0. The second kappa shape index (κ2) is 5.85. The zero-order chi connectivity index (χ0) is 16.7. The van der Waals surface area contributed by atoms with Gasteiger partial charge in [-0.1, -0.05) is 29.3 Å². The van der Waals surface area contributed by atoms with Crippen LogP contribution in [-0.4, -0.2) is 18.7 Å². The maximum Gasteiger partial charge on any atom is 0.363 e. The third-order valence-corrected chi connectivity index (χ3v) is 4.03. The second-order valence-electron chi connectivity index (χ2n) is 5.07. The van der Waals surface area contributed by atoms with E-state index in [9.17, 15) is 4.79 Å². The summed E-state index contributed by atoms with van der Waals surface area (Å²) in [6.07, 6.45) is 1.61.